The van der Waals surface area contributed by atoms with Crippen LogP contribution in [0, 0.1) is 0 Å². The van der Waals surface area contributed by atoms with E-state index >= 15 is 0 Å². The molecule has 72 heavy (non-hydrogen) atoms. The zero-order chi connectivity index (χ0) is 54.1. The van der Waals surface area contributed by atoms with Crippen molar-refractivity contribution in [2.75, 3.05) is 72.0 Å². The first-order chi connectivity index (χ1) is 34.8. The lowest BCUT2D eigenvalue weighted by atomic mass is 10.0. The molecule has 1 aliphatic heterocycles. The monoisotopic (exact) mass is 1050 g/mol. The number of aliphatic hydroxyl groups is 1. The first-order valence-electron chi connectivity index (χ1n) is 32.6. The highest BCUT2D eigenvalue weighted by Crippen LogP contribution is 2.20. The van der Waals surface area contributed by atoms with E-state index in [4.69, 9.17) is 17.5 Å². The van der Waals surface area contributed by atoms with E-state index in [-0.39, 0.29) is 6.10 Å². The van der Waals surface area contributed by atoms with Gasteiger partial charge in [-0.25, -0.2) is 0 Å². The van der Waals surface area contributed by atoms with Gasteiger partial charge in [0.2, 0.25) is 0 Å². The van der Waals surface area contributed by atoms with Crippen LogP contribution in [0.25, 0.3) is 0 Å². The van der Waals surface area contributed by atoms with Gasteiger partial charge in [-0.15, -0.1) is 0 Å². The Morgan fingerprint density at radius 1 is 0.333 bits per heavy atom. The summed E-state index contributed by atoms with van der Waals surface area (Å²) in [5, 5.41) is 9.56. The van der Waals surface area contributed by atoms with E-state index in [1.54, 1.807) is 0 Å². The molecule has 1 rings (SSSR count). The molecule has 1 heterocycles. The largest absolute Gasteiger partial charge is 0.759 e. The summed E-state index contributed by atoms with van der Waals surface area (Å²) in [7, 11) is -5.17. The van der Waals surface area contributed by atoms with Crippen LogP contribution in [0.15, 0.2) is 0 Å². The Labute approximate surface area is 455 Å². The molecule has 8 nitrogen and oxygen atoms in total. The fraction of sp³-hybridized carbons (Fsp3) is 1.00. The fourth-order valence-corrected chi connectivity index (χ4v) is 10.7. The summed E-state index contributed by atoms with van der Waals surface area (Å²) in [4.78, 5) is 2.55. The molecular weight excluding hydrogens is 911 g/mol. The Bertz CT molecular complexity index is 1000. The molecule has 0 aliphatic carbocycles. The molecule has 0 bridgehead atoms. The van der Waals surface area contributed by atoms with E-state index in [1.165, 1.54) is 325 Å². The maximum atomic E-state index is 9.56. The van der Waals surface area contributed by atoms with Crippen LogP contribution in [0.2, 0.25) is 0 Å². The summed E-state index contributed by atoms with van der Waals surface area (Å²) in [6.07, 6.45) is 59.1. The molecular formula is C63H135N3O5S. The molecule has 0 atom stereocenters. The van der Waals surface area contributed by atoms with Crippen LogP contribution in [-0.4, -0.2) is 115 Å². The van der Waals surface area contributed by atoms with Crippen LogP contribution in [0.5, 0.6) is 0 Å². The van der Waals surface area contributed by atoms with Crippen LogP contribution in [0.1, 0.15) is 332 Å². The molecule has 0 aromatic rings. The SMILES string of the molecule is CCCCCCCCCCCCCCCCCCCCCCCCCCN1CCC(O)CC1.CCCC[N+](CCCC)(CCCC)CCCC.CCCC[N+](CCCC)(CCCC)CCCC.O=S(=O)([O-])[O-]. The summed E-state index contributed by atoms with van der Waals surface area (Å²) in [6, 6.07) is 0. The van der Waals surface area contributed by atoms with E-state index in [1.807, 2.05) is 0 Å². The third kappa shape index (κ3) is 57.4. The zero-order valence-electron chi connectivity index (χ0n) is 50.9. The minimum absolute atomic E-state index is 0.0273. The van der Waals surface area contributed by atoms with Gasteiger partial charge >= 0.3 is 0 Å². The van der Waals surface area contributed by atoms with Crippen molar-refractivity contribution < 1.29 is 31.6 Å². The second-order valence-electron chi connectivity index (χ2n) is 22.9. The van der Waals surface area contributed by atoms with Crippen LogP contribution in [0.4, 0.5) is 0 Å². The number of rotatable bonds is 49. The molecule has 0 spiro atoms. The van der Waals surface area contributed by atoms with E-state index in [0.29, 0.717) is 0 Å². The highest BCUT2D eigenvalue weighted by Gasteiger charge is 2.26. The number of nitrogens with zero attached hydrogens (tertiary/aromatic N) is 3. The van der Waals surface area contributed by atoms with Crippen LogP contribution >= 0.6 is 0 Å². The molecule has 0 radical (unpaired) electrons. The Morgan fingerprint density at radius 2 is 0.500 bits per heavy atom. The van der Waals surface area contributed by atoms with Gasteiger partial charge in [0.05, 0.1) is 58.5 Å². The van der Waals surface area contributed by atoms with Crippen LogP contribution in [0.3, 0.4) is 0 Å². The van der Waals surface area contributed by atoms with Crippen molar-refractivity contribution in [1.82, 2.24) is 4.90 Å². The van der Waals surface area contributed by atoms with Crippen molar-refractivity contribution in [2.45, 2.75) is 338 Å². The summed E-state index contributed by atoms with van der Waals surface area (Å²) >= 11 is 0. The first-order valence-corrected chi connectivity index (χ1v) is 33.9. The molecule has 0 saturated carbocycles. The third-order valence-electron chi connectivity index (χ3n) is 15.8. The number of likely N-dealkylation sites (tertiary alicyclic amines) is 1. The lowest BCUT2D eigenvalue weighted by Crippen LogP contribution is -2.50. The molecule has 0 aromatic heterocycles. The van der Waals surface area contributed by atoms with Gasteiger partial charge in [-0.3, -0.25) is 8.42 Å². The summed E-state index contributed by atoms with van der Waals surface area (Å²) in [6.45, 7) is 35.8. The van der Waals surface area contributed by atoms with E-state index < -0.39 is 10.4 Å². The average molecular weight is 1050 g/mol. The van der Waals surface area contributed by atoms with Crippen molar-refractivity contribution in [3.05, 3.63) is 0 Å². The fourth-order valence-electron chi connectivity index (χ4n) is 10.7. The predicted molar refractivity (Wildman–Crippen MR) is 317 cm³/mol. The smallest absolute Gasteiger partial charge is 0.0786 e. The van der Waals surface area contributed by atoms with Crippen molar-refractivity contribution in [3.8, 4) is 0 Å². The Kier molecular flexibility index (Phi) is 61.6. The highest BCUT2D eigenvalue weighted by molar-refractivity contribution is 7.79. The lowest BCUT2D eigenvalue weighted by molar-refractivity contribution is -0.929. The van der Waals surface area contributed by atoms with Crippen LogP contribution < -0.4 is 0 Å². The highest BCUT2D eigenvalue weighted by atomic mass is 32.3. The van der Waals surface area contributed by atoms with Gasteiger partial charge in [0, 0.05) is 23.5 Å². The lowest BCUT2D eigenvalue weighted by Gasteiger charge is -2.39. The maximum Gasteiger partial charge on any atom is 0.0786 e. The second kappa shape index (κ2) is 58.4. The molecule has 0 aromatic carbocycles. The van der Waals surface area contributed by atoms with Gasteiger partial charge in [-0.05, 0) is 77.2 Å². The predicted octanol–water partition coefficient (Wildman–Crippen LogP) is 18.5. The molecule has 9 heteroatoms. The summed E-state index contributed by atoms with van der Waals surface area (Å²) in [5.41, 5.74) is 0. The second-order valence-corrected chi connectivity index (χ2v) is 23.7. The molecule has 1 saturated heterocycles. The van der Waals surface area contributed by atoms with E-state index in [9.17, 15) is 5.11 Å². The molecule has 0 amide bonds. The van der Waals surface area contributed by atoms with Gasteiger partial charge in [0.15, 0.2) is 0 Å². The average Bonchev–Trinajstić information content (AvgIpc) is 3.37. The topological polar surface area (TPSA) is 104 Å². The van der Waals surface area contributed by atoms with Gasteiger partial charge in [0.25, 0.3) is 0 Å². The quantitative estimate of drug-likeness (QED) is 0.0282. The normalized spacial score (nSPS) is 13.6. The van der Waals surface area contributed by atoms with Crippen molar-refractivity contribution >= 4 is 10.4 Å². The number of hydrogen-bond acceptors (Lipinski definition) is 6. The first kappa shape index (κ1) is 75.9. The Morgan fingerprint density at radius 3 is 0.681 bits per heavy atom. The molecule has 1 aliphatic rings. The van der Waals surface area contributed by atoms with E-state index in [0.717, 1.165) is 25.9 Å². The van der Waals surface area contributed by atoms with Gasteiger partial charge < -0.3 is 28.1 Å². The minimum Gasteiger partial charge on any atom is -0.759 e. The third-order valence-corrected chi connectivity index (χ3v) is 15.8. The van der Waals surface area contributed by atoms with Crippen LogP contribution in [-0.2, 0) is 10.4 Å². The number of unbranched alkanes of at least 4 members (excludes halogenated alkanes) is 31. The number of hydrogen-bond donors (Lipinski definition) is 1. The Balaban J connectivity index is -0.00000103. The summed E-state index contributed by atoms with van der Waals surface area (Å²) < 4.78 is 36.9. The number of piperidine rings is 1. The minimum atomic E-state index is -5.17. The van der Waals surface area contributed by atoms with Gasteiger partial charge in [0.1, 0.15) is 0 Å². The standard InChI is InChI=1S/C31H63NO.2C16H36N.H2O4S/c1-2-3-4-5-6-7-8-9-10-11-12-13-14-15-16-17-18-19-20-21-22-23-24-25-28-32-29-26-31(33)27-30-32;2*1-5-9-13-17(14-10-6-2,15-11-7-3)16-12-8-4;1-5(2,3)4/h31,33H,2-30H2,1H3;2*5-16H2,1-4H3;(H2,1,2,3,4)/q;2*+1;/p-2. The number of quaternary nitrogens is 2. The Hall–Kier alpha value is -0.290. The van der Waals surface area contributed by atoms with Crippen molar-refractivity contribution in [1.29, 1.82) is 0 Å². The molecule has 1 N–H and O–H groups in total. The van der Waals surface area contributed by atoms with E-state index in [2.05, 4.69) is 67.2 Å². The molecule has 438 valence electrons. The van der Waals surface area contributed by atoms with Gasteiger partial charge in [-0.1, -0.05) is 261 Å². The number of aliphatic hydroxyl groups excluding tert-OH is 1. The van der Waals surface area contributed by atoms with Crippen molar-refractivity contribution in [3.63, 3.8) is 0 Å². The van der Waals surface area contributed by atoms with Crippen molar-refractivity contribution in [2.24, 2.45) is 0 Å². The zero-order valence-corrected chi connectivity index (χ0v) is 51.7. The van der Waals surface area contributed by atoms with Gasteiger partial charge in [-0.2, -0.15) is 0 Å². The molecule has 0 unspecified atom stereocenters. The summed E-state index contributed by atoms with van der Waals surface area (Å²) in [5.74, 6) is 0. The maximum absolute atomic E-state index is 9.56. The molecule has 1 fully saturated rings.